The molecule has 24 heavy (non-hydrogen) atoms. The minimum Gasteiger partial charge on any atom is -0.376 e. The molecule has 2 amide bonds. The summed E-state index contributed by atoms with van der Waals surface area (Å²) in [5.74, 6) is 0.559. The lowest BCUT2D eigenvalue weighted by Gasteiger charge is -2.35. The van der Waals surface area contributed by atoms with Crippen LogP contribution >= 0.6 is 0 Å². The van der Waals surface area contributed by atoms with Gasteiger partial charge in [0.1, 0.15) is 6.04 Å². The first kappa shape index (κ1) is 16.9. The van der Waals surface area contributed by atoms with Gasteiger partial charge in [0.2, 0.25) is 11.8 Å². The molecule has 1 aromatic carbocycles. The van der Waals surface area contributed by atoms with Crippen molar-refractivity contribution < 1.29 is 14.3 Å². The van der Waals surface area contributed by atoms with Crippen LogP contribution < -0.4 is 10.9 Å². The molecule has 0 radical (unpaired) electrons. The number of likely N-dealkylation sites (tertiary alicyclic amines) is 1. The maximum Gasteiger partial charge on any atom is 0.241 e. The molecule has 0 bridgehead atoms. The van der Waals surface area contributed by atoms with Gasteiger partial charge in [-0.05, 0) is 30.7 Å². The third-order valence-electron chi connectivity index (χ3n) is 4.74. The van der Waals surface area contributed by atoms with Gasteiger partial charge in [-0.3, -0.25) is 15.0 Å². The lowest BCUT2D eigenvalue weighted by Crippen LogP contribution is -2.57. The van der Waals surface area contributed by atoms with E-state index in [1.54, 1.807) is 0 Å². The van der Waals surface area contributed by atoms with Gasteiger partial charge < -0.3 is 9.64 Å². The molecule has 0 saturated carbocycles. The van der Waals surface area contributed by atoms with Crippen LogP contribution in [0.4, 0.5) is 0 Å². The first-order valence-electron chi connectivity index (χ1n) is 8.67. The highest BCUT2D eigenvalue weighted by atomic mass is 16.5. The SMILES string of the molecule is O=C1CCC(C(=O)N2CCC(COCc3ccccc3)CC2)NN1. The Bertz CT molecular complexity index is 546. The standard InChI is InChI=1S/C18H25N3O3/c22-17-7-6-16(19-20-17)18(23)21-10-8-15(9-11-21)13-24-12-14-4-2-1-3-5-14/h1-5,15-16,19H,6-13H2,(H,20,22). The monoisotopic (exact) mass is 331 g/mol. The minimum atomic E-state index is -0.284. The summed E-state index contributed by atoms with van der Waals surface area (Å²) in [6.07, 6.45) is 2.93. The predicted molar refractivity (Wildman–Crippen MR) is 89.7 cm³/mol. The van der Waals surface area contributed by atoms with E-state index in [1.807, 2.05) is 23.1 Å². The molecule has 2 heterocycles. The Balaban J connectivity index is 1.36. The van der Waals surface area contributed by atoms with E-state index < -0.39 is 0 Å². The van der Waals surface area contributed by atoms with Crippen LogP contribution in [0.2, 0.25) is 0 Å². The van der Waals surface area contributed by atoms with Crippen molar-refractivity contribution in [2.75, 3.05) is 19.7 Å². The molecule has 1 atom stereocenters. The Morgan fingerprint density at radius 2 is 1.92 bits per heavy atom. The van der Waals surface area contributed by atoms with Gasteiger partial charge in [0.15, 0.2) is 0 Å². The van der Waals surface area contributed by atoms with E-state index in [1.165, 1.54) is 5.56 Å². The molecule has 6 nitrogen and oxygen atoms in total. The van der Waals surface area contributed by atoms with E-state index in [2.05, 4.69) is 23.0 Å². The smallest absolute Gasteiger partial charge is 0.241 e. The predicted octanol–water partition coefficient (Wildman–Crippen LogP) is 1.22. The van der Waals surface area contributed by atoms with Crippen LogP contribution in [-0.2, 0) is 20.9 Å². The highest BCUT2D eigenvalue weighted by molar-refractivity contribution is 5.85. The number of benzene rings is 1. The Hall–Kier alpha value is -1.92. The van der Waals surface area contributed by atoms with Crippen molar-refractivity contribution in [3.05, 3.63) is 35.9 Å². The largest absolute Gasteiger partial charge is 0.376 e. The lowest BCUT2D eigenvalue weighted by molar-refractivity contribution is -0.137. The normalized spacial score (nSPS) is 22.2. The summed E-state index contributed by atoms with van der Waals surface area (Å²) in [7, 11) is 0. The number of rotatable bonds is 5. The summed E-state index contributed by atoms with van der Waals surface area (Å²) in [5.41, 5.74) is 6.55. The molecule has 1 unspecified atom stereocenters. The summed E-state index contributed by atoms with van der Waals surface area (Å²) in [4.78, 5) is 25.5. The second-order valence-electron chi connectivity index (χ2n) is 6.55. The number of nitrogens with zero attached hydrogens (tertiary/aromatic N) is 1. The van der Waals surface area contributed by atoms with Gasteiger partial charge in [-0.25, -0.2) is 5.43 Å². The first-order valence-corrected chi connectivity index (χ1v) is 8.67. The van der Waals surface area contributed by atoms with Gasteiger partial charge in [0.05, 0.1) is 6.61 Å². The molecule has 2 fully saturated rings. The minimum absolute atomic E-state index is 0.0478. The zero-order chi connectivity index (χ0) is 16.8. The lowest BCUT2D eigenvalue weighted by atomic mass is 9.96. The molecule has 2 aliphatic heterocycles. The molecule has 6 heteroatoms. The highest BCUT2D eigenvalue weighted by Gasteiger charge is 2.30. The molecule has 0 aliphatic carbocycles. The maximum absolute atomic E-state index is 12.4. The number of hydrogen-bond donors (Lipinski definition) is 2. The second-order valence-corrected chi connectivity index (χ2v) is 6.55. The Morgan fingerprint density at radius 3 is 2.58 bits per heavy atom. The fraction of sp³-hybridized carbons (Fsp3) is 0.556. The van der Waals surface area contributed by atoms with E-state index in [4.69, 9.17) is 4.74 Å². The summed E-state index contributed by atoms with van der Waals surface area (Å²) >= 11 is 0. The number of ether oxygens (including phenoxy) is 1. The number of piperidine rings is 1. The molecule has 3 rings (SSSR count). The van der Waals surface area contributed by atoms with Crippen LogP contribution in [0, 0.1) is 5.92 Å². The van der Waals surface area contributed by atoms with Crippen LogP contribution in [-0.4, -0.2) is 42.5 Å². The number of carbonyl (C=O) groups is 2. The molecule has 2 N–H and O–H groups in total. The zero-order valence-corrected chi connectivity index (χ0v) is 13.9. The quantitative estimate of drug-likeness (QED) is 0.851. The van der Waals surface area contributed by atoms with Crippen molar-refractivity contribution >= 4 is 11.8 Å². The van der Waals surface area contributed by atoms with Crippen molar-refractivity contribution in [3.63, 3.8) is 0 Å². The van der Waals surface area contributed by atoms with E-state index in [-0.39, 0.29) is 17.9 Å². The second kappa shape index (κ2) is 8.26. The average molecular weight is 331 g/mol. The van der Waals surface area contributed by atoms with Crippen LogP contribution in [0.3, 0.4) is 0 Å². The summed E-state index contributed by atoms with van der Waals surface area (Å²) < 4.78 is 5.82. The van der Waals surface area contributed by atoms with Crippen molar-refractivity contribution in [2.45, 2.75) is 38.3 Å². The number of hydrogen-bond acceptors (Lipinski definition) is 4. The van der Waals surface area contributed by atoms with Crippen molar-refractivity contribution in [1.82, 2.24) is 15.8 Å². The van der Waals surface area contributed by atoms with Gasteiger partial charge in [-0.1, -0.05) is 30.3 Å². The first-order chi connectivity index (χ1) is 11.7. The van der Waals surface area contributed by atoms with Crippen LogP contribution in [0.25, 0.3) is 0 Å². The van der Waals surface area contributed by atoms with Crippen molar-refractivity contribution in [2.24, 2.45) is 5.92 Å². The summed E-state index contributed by atoms with van der Waals surface area (Å²) in [5, 5.41) is 0. The van der Waals surface area contributed by atoms with Crippen molar-refractivity contribution in [1.29, 1.82) is 0 Å². The van der Waals surface area contributed by atoms with Crippen LogP contribution in [0.1, 0.15) is 31.2 Å². The number of nitrogens with one attached hydrogen (secondary N) is 2. The van der Waals surface area contributed by atoms with Crippen LogP contribution in [0.5, 0.6) is 0 Å². The van der Waals surface area contributed by atoms with E-state index >= 15 is 0 Å². The topological polar surface area (TPSA) is 70.7 Å². The highest BCUT2D eigenvalue weighted by Crippen LogP contribution is 2.19. The molecule has 0 spiro atoms. The third kappa shape index (κ3) is 4.55. The Morgan fingerprint density at radius 1 is 1.17 bits per heavy atom. The molecule has 2 saturated heterocycles. The Kier molecular flexibility index (Phi) is 5.82. The third-order valence-corrected chi connectivity index (χ3v) is 4.74. The number of carbonyl (C=O) groups excluding carboxylic acids is 2. The van der Waals surface area contributed by atoms with Crippen molar-refractivity contribution in [3.8, 4) is 0 Å². The fourth-order valence-corrected chi connectivity index (χ4v) is 3.22. The molecular weight excluding hydrogens is 306 g/mol. The van der Waals surface area contributed by atoms with E-state index in [0.29, 0.717) is 25.4 Å². The molecule has 0 aromatic heterocycles. The van der Waals surface area contributed by atoms with Gasteiger partial charge >= 0.3 is 0 Å². The Labute approximate surface area is 142 Å². The molecule has 130 valence electrons. The van der Waals surface area contributed by atoms with E-state index in [9.17, 15) is 9.59 Å². The van der Waals surface area contributed by atoms with Gasteiger partial charge in [0.25, 0.3) is 0 Å². The number of amides is 2. The summed E-state index contributed by atoms with van der Waals surface area (Å²) in [6.45, 7) is 2.93. The average Bonchev–Trinajstić information content (AvgIpc) is 2.63. The fourth-order valence-electron chi connectivity index (χ4n) is 3.22. The van der Waals surface area contributed by atoms with Gasteiger partial charge in [-0.2, -0.15) is 0 Å². The molecule has 1 aromatic rings. The van der Waals surface area contributed by atoms with Gasteiger partial charge in [0, 0.05) is 26.1 Å². The molecule has 2 aliphatic rings. The maximum atomic E-state index is 12.4. The summed E-state index contributed by atoms with van der Waals surface area (Å²) in [6, 6.07) is 9.89. The molecular formula is C18H25N3O3. The zero-order valence-electron chi connectivity index (χ0n) is 13.9. The van der Waals surface area contributed by atoms with Gasteiger partial charge in [-0.15, -0.1) is 0 Å². The van der Waals surface area contributed by atoms with E-state index in [0.717, 1.165) is 32.5 Å². The number of hydrazine groups is 1. The van der Waals surface area contributed by atoms with Crippen LogP contribution in [0.15, 0.2) is 30.3 Å².